The van der Waals surface area contributed by atoms with Gasteiger partial charge in [-0.1, -0.05) is 0 Å². The Balaban J connectivity index is 1.27. The highest BCUT2D eigenvalue weighted by atomic mass is 16.5. The highest BCUT2D eigenvalue weighted by Crippen LogP contribution is 2.57. The summed E-state index contributed by atoms with van der Waals surface area (Å²) in [6.07, 6.45) is 8.20. The second kappa shape index (κ2) is 6.29. The van der Waals surface area contributed by atoms with Crippen LogP contribution >= 0.6 is 0 Å². The van der Waals surface area contributed by atoms with Gasteiger partial charge in [-0.2, -0.15) is 0 Å². The highest BCUT2D eigenvalue weighted by Gasteiger charge is 2.51. The van der Waals surface area contributed by atoms with Crippen molar-refractivity contribution in [1.82, 2.24) is 4.90 Å². The van der Waals surface area contributed by atoms with E-state index < -0.39 is 0 Å². The molecule has 4 heteroatoms. The number of β-amino-alcohol motifs (C(OH)–C–C–N with tert-alkyl or cyclic N) is 1. The molecular formula is C19H33NO3. The van der Waals surface area contributed by atoms with Crippen molar-refractivity contribution < 1.29 is 14.6 Å². The van der Waals surface area contributed by atoms with Crippen molar-refractivity contribution in [3.8, 4) is 0 Å². The number of aliphatic hydroxyl groups excluding tert-OH is 1. The van der Waals surface area contributed by atoms with Crippen LogP contribution in [0.5, 0.6) is 0 Å². The fraction of sp³-hybridized carbons (Fsp3) is 1.00. The van der Waals surface area contributed by atoms with Crippen molar-refractivity contribution >= 4 is 0 Å². The van der Waals surface area contributed by atoms with E-state index in [1.807, 2.05) is 0 Å². The molecule has 0 aromatic rings. The van der Waals surface area contributed by atoms with Crippen LogP contribution in [0.25, 0.3) is 0 Å². The van der Waals surface area contributed by atoms with Gasteiger partial charge in [0.2, 0.25) is 0 Å². The Morgan fingerprint density at radius 3 is 2.09 bits per heavy atom. The molecule has 1 saturated heterocycles. The number of nitrogens with zero attached hydrogens (tertiary/aromatic N) is 1. The van der Waals surface area contributed by atoms with E-state index in [4.69, 9.17) is 9.47 Å². The van der Waals surface area contributed by atoms with Gasteiger partial charge in [-0.15, -0.1) is 0 Å². The van der Waals surface area contributed by atoms with Crippen molar-refractivity contribution in [2.45, 2.75) is 76.3 Å². The average Bonchev–Trinajstić information content (AvgIpc) is 2.42. The van der Waals surface area contributed by atoms with E-state index in [1.54, 1.807) is 0 Å². The summed E-state index contributed by atoms with van der Waals surface area (Å²) in [5, 5.41) is 10.5. The van der Waals surface area contributed by atoms with Gasteiger partial charge in [0.05, 0.1) is 30.5 Å². The molecule has 1 aliphatic heterocycles. The quantitative estimate of drug-likeness (QED) is 0.844. The standard InChI is InChI=1S/C19H33NO3/c1-13-9-20(10-14(2)23-13)11-18(21)12-22-19-6-15-3-16(7-19)5-17(4-15)8-19/h13-18,21H,3-12H2,1-2H3/t13-,14-,15?,16?,17?,18-,19?/m1/s1. The second-order valence-corrected chi connectivity index (χ2v) is 9.04. The monoisotopic (exact) mass is 323 g/mol. The van der Waals surface area contributed by atoms with Gasteiger partial charge in [0, 0.05) is 19.6 Å². The third kappa shape index (κ3) is 3.60. The molecule has 4 aliphatic carbocycles. The van der Waals surface area contributed by atoms with Crippen LogP contribution in [0, 0.1) is 17.8 Å². The first-order valence-electron chi connectivity index (χ1n) is 9.69. The van der Waals surface area contributed by atoms with Crippen LogP contribution in [0.15, 0.2) is 0 Å². The van der Waals surface area contributed by atoms with Crippen molar-refractivity contribution in [3.05, 3.63) is 0 Å². The Morgan fingerprint density at radius 2 is 1.57 bits per heavy atom. The molecule has 4 bridgehead atoms. The van der Waals surface area contributed by atoms with E-state index in [2.05, 4.69) is 18.7 Å². The van der Waals surface area contributed by atoms with Gasteiger partial charge in [-0.3, -0.25) is 4.90 Å². The van der Waals surface area contributed by atoms with Crippen LogP contribution in [0.3, 0.4) is 0 Å². The SMILES string of the molecule is C[C@@H]1CN(C[C@@H](O)COC23CC4CC(CC(C4)C2)C3)C[C@@H](C)O1. The third-order valence-electron chi connectivity index (χ3n) is 6.53. The number of aliphatic hydroxyl groups is 1. The molecule has 3 atom stereocenters. The first-order valence-corrected chi connectivity index (χ1v) is 9.69. The normalized spacial score (nSPS) is 47.9. The van der Waals surface area contributed by atoms with Gasteiger partial charge in [0.25, 0.3) is 0 Å². The maximum absolute atomic E-state index is 10.5. The number of morpholine rings is 1. The molecule has 0 aromatic heterocycles. The van der Waals surface area contributed by atoms with Gasteiger partial charge >= 0.3 is 0 Å². The molecule has 4 nitrogen and oxygen atoms in total. The zero-order valence-electron chi connectivity index (χ0n) is 14.7. The van der Waals surface area contributed by atoms with Crippen LogP contribution < -0.4 is 0 Å². The molecule has 132 valence electrons. The Bertz CT molecular complexity index is 382. The molecule has 0 unspecified atom stereocenters. The smallest absolute Gasteiger partial charge is 0.0900 e. The molecule has 5 fully saturated rings. The van der Waals surface area contributed by atoms with Gasteiger partial charge < -0.3 is 14.6 Å². The summed E-state index contributed by atoms with van der Waals surface area (Å²) in [4.78, 5) is 2.33. The largest absolute Gasteiger partial charge is 0.389 e. The lowest BCUT2D eigenvalue weighted by molar-refractivity contribution is -0.177. The van der Waals surface area contributed by atoms with Gasteiger partial charge in [0.1, 0.15) is 0 Å². The fourth-order valence-electron chi connectivity index (χ4n) is 6.27. The maximum Gasteiger partial charge on any atom is 0.0900 e. The van der Waals surface area contributed by atoms with E-state index in [-0.39, 0.29) is 23.9 Å². The molecule has 0 aromatic carbocycles. The predicted octanol–water partition coefficient (Wildman–Crippen LogP) is 2.44. The second-order valence-electron chi connectivity index (χ2n) is 9.04. The van der Waals surface area contributed by atoms with E-state index in [1.165, 1.54) is 38.5 Å². The zero-order chi connectivity index (χ0) is 16.0. The lowest BCUT2D eigenvalue weighted by Crippen LogP contribution is -2.53. The summed E-state index contributed by atoms with van der Waals surface area (Å²) in [5.41, 5.74) is 0.112. The van der Waals surface area contributed by atoms with Crippen molar-refractivity contribution in [1.29, 1.82) is 0 Å². The van der Waals surface area contributed by atoms with Crippen LogP contribution in [0.4, 0.5) is 0 Å². The molecule has 1 N–H and O–H groups in total. The minimum absolute atomic E-state index is 0.112. The van der Waals surface area contributed by atoms with Crippen LogP contribution in [0.1, 0.15) is 52.4 Å². The third-order valence-corrected chi connectivity index (χ3v) is 6.53. The van der Waals surface area contributed by atoms with Gasteiger partial charge in [-0.25, -0.2) is 0 Å². The van der Waals surface area contributed by atoms with Crippen molar-refractivity contribution in [3.63, 3.8) is 0 Å². The number of rotatable bonds is 5. The summed E-state index contributed by atoms with van der Waals surface area (Å²) in [6.45, 7) is 7.27. The Hall–Kier alpha value is -0.160. The van der Waals surface area contributed by atoms with Crippen molar-refractivity contribution in [2.75, 3.05) is 26.2 Å². The Morgan fingerprint density at radius 1 is 1.04 bits per heavy atom. The lowest BCUT2D eigenvalue weighted by atomic mass is 9.54. The molecule has 1 heterocycles. The summed E-state index contributed by atoms with van der Waals surface area (Å²) >= 11 is 0. The number of hydrogen-bond donors (Lipinski definition) is 1. The van der Waals surface area contributed by atoms with E-state index in [0.29, 0.717) is 13.2 Å². The summed E-state index contributed by atoms with van der Waals surface area (Å²) < 4.78 is 12.2. The first-order chi connectivity index (χ1) is 11.0. The molecule has 5 aliphatic rings. The molecule has 0 spiro atoms. The number of hydrogen-bond acceptors (Lipinski definition) is 4. The minimum Gasteiger partial charge on any atom is -0.389 e. The molecule has 0 amide bonds. The molecule has 5 rings (SSSR count). The molecular weight excluding hydrogens is 290 g/mol. The van der Waals surface area contributed by atoms with Gasteiger partial charge in [-0.05, 0) is 70.1 Å². The topological polar surface area (TPSA) is 41.9 Å². The van der Waals surface area contributed by atoms with E-state index in [9.17, 15) is 5.11 Å². The molecule has 0 radical (unpaired) electrons. The predicted molar refractivity (Wildman–Crippen MR) is 89.3 cm³/mol. The summed E-state index contributed by atoms with van der Waals surface area (Å²) in [7, 11) is 0. The minimum atomic E-state index is -0.375. The Labute approximate surface area is 140 Å². The van der Waals surface area contributed by atoms with Gasteiger partial charge in [0.15, 0.2) is 0 Å². The lowest BCUT2D eigenvalue weighted by Gasteiger charge is -2.56. The number of ether oxygens (including phenoxy) is 2. The first kappa shape index (κ1) is 16.3. The van der Waals surface area contributed by atoms with E-state index in [0.717, 1.165) is 30.8 Å². The summed E-state index contributed by atoms with van der Waals surface area (Å²) in [5.74, 6) is 2.71. The molecule has 23 heavy (non-hydrogen) atoms. The van der Waals surface area contributed by atoms with Crippen LogP contribution in [0.2, 0.25) is 0 Å². The van der Waals surface area contributed by atoms with E-state index >= 15 is 0 Å². The van der Waals surface area contributed by atoms with Crippen LogP contribution in [-0.2, 0) is 9.47 Å². The highest BCUT2D eigenvalue weighted by molar-refractivity contribution is 5.03. The molecule has 4 saturated carbocycles. The zero-order valence-corrected chi connectivity index (χ0v) is 14.7. The summed E-state index contributed by atoms with van der Waals surface area (Å²) in [6, 6.07) is 0. The average molecular weight is 323 g/mol. The van der Waals surface area contributed by atoms with Crippen LogP contribution in [-0.4, -0.2) is 60.2 Å². The maximum atomic E-state index is 10.5. The van der Waals surface area contributed by atoms with Crippen molar-refractivity contribution in [2.24, 2.45) is 17.8 Å². The Kier molecular flexibility index (Phi) is 4.46. The fourth-order valence-corrected chi connectivity index (χ4v) is 6.27.